The largest absolute Gasteiger partial charge is 0.355 e. The first kappa shape index (κ1) is 19.8. The number of nitrogens with zero attached hydrogens (tertiary/aromatic N) is 2. The van der Waals surface area contributed by atoms with Gasteiger partial charge in [-0.15, -0.1) is 0 Å². The topological polar surface area (TPSA) is 76.0 Å². The van der Waals surface area contributed by atoms with E-state index in [1.165, 1.54) is 0 Å². The lowest BCUT2D eigenvalue weighted by atomic mass is 10.0. The maximum atomic E-state index is 13.3. The fraction of sp³-hybridized carbons (Fsp3) is 0.409. The van der Waals surface area contributed by atoms with E-state index in [4.69, 9.17) is 4.98 Å². The zero-order valence-corrected chi connectivity index (χ0v) is 16.8. The third kappa shape index (κ3) is 4.15. The maximum Gasteiger partial charge on any atom is 0.262 e. The van der Waals surface area contributed by atoms with Crippen molar-refractivity contribution >= 4 is 5.91 Å². The van der Waals surface area contributed by atoms with Gasteiger partial charge in [0.1, 0.15) is 0 Å². The predicted molar refractivity (Wildman–Crippen MR) is 110 cm³/mol. The van der Waals surface area contributed by atoms with Gasteiger partial charge in [0.05, 0.1) is 11.4 Å². The average molecular weight is 378 g/mol. The van der Waals surface area contributed by atoms with Gasteiger partial charge in [-0.25, -0.2) is 4.98 Å². The molecule has 0 saturated carbocycles. The summed E-state index contributed by atoms with van der Waals surface area (Å²) < 4.78 is 1.57. The number of carbonyl (C=O) groups excluding carboxylic acids is 1. The molecule has 2 aromatic rings. The lowest BCUT2D eigenvalue weighted by Crippen LogP contribution is -2.40. The van der Waals surface area contributed by atoms with E-state index >= 15 is 0 Å². The van der Waals surface area contributed by atoms with Crippen LogP contribution >= 0.6 is 0 Å². The molecule has 6 heteroatoms. The van der Waals surface area contributed by atoms with Crippen molar-refractivity contribution in [3.63, 3.8) is 0 Å². The SMILES string of the molecule is CNC(=O)c1ccc(-n2c(C#CCC(C)C)nc3c(c2=O)C[C@@H](C)NC3)cc1. The van der Waals surface area contributed by atoms with Crippen LogP contribution in [0.25, 0.3) is 5.69 Å². The third-order valence-electron chi connectivity index (χ3n) is 4.72. The first-order valence-electron chi connectivity index (χ1n) is 9.60. The Morgan fingerprint density at radius 3 is 2.71 bits per heavy atom. The van der Waals surface area contributed by atoms with Crippen LogP contribution in [0.3, 0.4) is 0 Å². The van der Waals surface area contributed by atoms with Crippen LogP contribution in [0.2, 0.25) is 0 Å². The van der Waals surface area contributed by atoms with Crippen molar-refractivity contribution < 1.29 is 4.79 Å². The number of nitrogens with one attached hydrogen (secondary N) is 2. The average Bonchev–Trinajstić information content (AvgIpc) is 2.68. The van der Waals surface area contributed by atoms with Crippen molar-refractivity contribution in [2.75, 3.05) is 7.05 Å². The van der Waals surface area contributed by atoms with E-state index in [1.807, 2.05) is 0 Å². The van der Waals surface area contributed by atoms with E-state index in [-0.39, 0.29) is 17.5 Å². The van der Waals surface area contributed by atoms with Crippen molar-refractivity contribution in [1.29, 1.82) is 0 Å². The summed E-state index contributed by atoms with van der Waals surface area (Å²) in [5, 5.41) is 5.95. The molecule has 0 fully saturated rings. The molecule has 6 nitrogen and oxygen atoms in total. The molecule has 28 heavy (non-hydrogen) atoms. The normalized spacial score (nSPS) is 15.5. The van der Waals surface area contributed by atoms with Crippen molar-refractivity contribution in [3.05, 3.63) is 57.3 Å². The first-order chi connectivity index (χ1) is 13.4. The van der Waals surface area contributed by atoms with E-state index in [0.29, 0.717) is 36.0 Å². The van der Waals surface area contributed by atoms with Gasteiger partial charge in [0.25, 0.3) is 11.5 Å². The van der Waals surface area contributed by atoms with Gasteiger partial charge in [-0.3, -0.25) is 14.2 Å². The molecule has 0 radical (unpaired) electrons. The van der Waals surface area contributed by atoms with Crippen LogP contribution in [0.15, 0.2) is 29.1 Å². The van der Waals surface area contributed by atoms with Crippen molar-refractivity contribution in [2.24, 2.45) is 5.92 Å². The summed E-state index contributed by atoms with van der Waals surface area (Å²) in [7, 11) is 1.59. The molecule has 0 bridgehead atoms. The van der Waals surface area contributed by atoms with E-state index in [9.17, 15) is 9.59 Å². The van der Waals surface area contributed by atoms with Crippen LogP contribution in [0, 0.1) is 17.8 Å². The summed E-state index contributed by atoms with van der Waals surface area (Å²) in [6.07, 6.45) is 1.37. The summed E-state index contributed by atoms with van der Waals surface area (Å²) in [6.45, 7) is 6.83. The van der Waals surface area contributed by atoms with Crippen molar-refractivity contribution in [2.45, 2.75) is 46.2 Å². The van der Waals surface area contributed by atoms with E-state index in [1.54, 1.807) is 35.9 Å². The molecule has 1 amide bonds. The van der Waals surface area contributed by atoms with Gasteiger partial charge >= 0.3 is 0 Å². The molecule has 1 atom stereocenters. The van der Waals surface area contributed by atoms with Crippen LogP contribution < -0.4 is 16.2 Å². The zero-order chi connectivity index (χ0) is 20.3. The molecule has 2 heterocycles. The number of rotatable bonds is 3. The Hall–Kier alpha value is -2.91. The second-order valence-corrected chi connectivity index (χ2v) is 7.51. The molecule has 1 aliphatic heterocycles. The molecular formula is C22H26N4O2. The standard InChI is InChI=1S/C22H26N4O2/c1-14(2)6-5-7-20-25-19-13-24-15(3)12-18(19)22(28)26(20)17-10-8-16(9-11-17)21(27)23-4/h8-11,14-15,24H,6,12-13H2,1-4H3,(H,23,27)/t15-/m1/s1. The van der Waals surface area contributed by atoms with Crippen LogP contribution in [-0.4, -0.2) is 28.5 Å². The second-order valence-electron chi connectivity index (χ2n) is 7.51. The zero-order valence-electron chi connectivity index (χ0n) is 16.8. The summed E-state index contributed by atoms with van der Waals surface area (Å²) >= 11 is 0. The fourth-order valence-corrected chi connectivity index (χ4v) is 3.16. The molecule has 0 spiro atoms. The van der Waals surface area contributed by atoms with Gasteiger partial charge in [0.15, 0.2) is 5.82 Å². The van der Waals surface area contributed by atoms with Gasteiger partial charge < -0.3 is 10.6 Å². The molecule has 146 valence electrons. The van der Waals surface area contributed by atoms with Gasteiger partial charge in [0, 0.05) is 37.2 Å². The summed E-state index contributed by atoms with van der Waals surface area (Å²) in [4.78, 5) is 29.8. The second kappa shape index (κ2) is 8.41. The Morgan fingerprint density at radius 1 is 1.36 bits per heavy atom. The van der Waals surface area contributed by atoms with Gasteiger partial charge in [-0.2, -0.15) is 0 Å². The number of benzene rings is 1. The Morgan fingerprint density at radius 2 is 2.07 bits per heavy atom. The number of hydrogen-bond acceptors (Lipinski definition) is 4. The maximum absolute atomic E-state index is 13.3. The first-order valence-corrected chi connectivity index (χ1v) is 9.60. The quantitative estimate of drug-likeness (QED) is 0.802. The highest BCUT2D eigenvalue weighted by molar-refractivity contribution is 5.94. The fourth-order valence-electron chi connectivity index (χ4n) is 3.16. The summed E-state index contributed by atoms with van der Waals surface area (Å²) in [5.74, 6) is 6.94. The van der Waals surface area contributed by atoms with E-state index in [0.717, 1.165) is 17.7 Å². The molecular weight excluding hydrogens is 352 g/mol. The van der Waals surface area contributed by atoms with Crippen LogP contribution in [0.5, 0.6) is 0 Å². The Balaban J connectivity index is 2.13. The Labute approximate surface area is 165 Å². The lowest BCUT2D eigenvalue weighted by molar-refractivity contribution is 0.0963. The van der Waals surface area contributed by atoms with E-state index < -0.39 is 0 Å². The molecule has 3 rings (SSSR count). The monoisotopic (exact) mass is 378 g/mol. The van der Waals surface area contributed by atoms with Crippen molar-refractivity contribution in [1.82, 2.24) is 20.2 Å². The summed E-state index contributed by atoms with van der Waals surface area (Å²) in [6, 6.07) is 7.16. The minimum Gasteiger partial charge on any atom is -0.355 e. The van der Waals surface area contributed by atoms with Crippen molar-refractivity contribution in [3.8, 4) is 17.5 Å². The van der Waals surface area contributed by atoms with E-state index in [2.05, 4.69) is 43.2 Å². The third-order valence-corrected chi connectivity index (χ3v) is 4.72. The summed E-state index contributed by atoms with van der Waals surface area (Å²) in [5.41, 5.74) is 2.62. The molecule has 0 saturated heterocycles. The molecule has 1 aromatic carbocycles. The minimum absolute atomic E-state index is 0.0834. The Kier molecular flexibility index (Phi) is 5.96. The predicted octanol–water partition coefficient (Wildman–Crippen LogP) is 2.02. The molecule has 2 N–H and O–H groups in total. The number of hydrogen-bond donors (Lipinski definition) is 2. The Bertz CT molecular complexity index is 994. The number of amides is 1. The highest BCUT2D eigenvalue weighted by atomic mass is 16.1. The highest BCUT2D eigenvalue weighted by Gasteiger charge is 2.22. The number of aromatic nitrogens is 2. The van der Waals surface area contributed by atoms with Crippen LogP contribution in [-0.2, 0) is 13.0 Å². The number of fused-ring (bicyclic) bond motifs is 1. The molecule has 1 aliphatic rings. The van der Waals surface area contributed by atoms with Crippen LogP contribution in [0.1, 0.15) is 54.6 Å². The molecule has 0 aliphatic carbocycles. The molecule has 1 aromatic heterocycles. The minimum atomic E-state index is -0.167. The lowest BCUT2D eigenvalue weighted by Gasteiger charge is -2.23. The van der Waals surface area contributed by atoms with Gasteiger partial charge in [0.2, 0.25) is 0 Å². The highest BCUT2D eigenvalue weighted by Crippen LogP contribution is 2.16. The number of carbonyl (C=O) groups is 1. The smallest absolute Gasteiger partial charge is 0.262 e. The van der Waals surface area contributed by atoms with Crippen LogP contribution in [0.4, 0.5) is 0 Å². The molecule has 0 unspecified atom stereocenters. The van der Waals surface area contributed by atoms with Gasteiger partial charge in [-0.05, 0) is 49.4 Å². The van der Waals surface area contributed by atoms with Gasteiger partial charge in [-0.1, -0.05) is 19.8 Å².